The molecule has 0 amide bonds. The summed E-state index contributed by atoms with van der Waals surface area (Å²) < 4.78 is 5.36. The standard InChI is InChI=1S/C18H22N2O2.2ClH/c1-2-12-3-4-17-16(5-12)13(6-18(21)22-17)9-20-10-14-7-19-8-15(14)11-20;;/h3-6,14-15,19H,2,7-11H2,1H3;2*1H/t14-,15+;;. The van der Waals surface area contributed by atoms with Gasteiger partial charge < -0.3 is 9.73 Å². The molecule has 0 unspecified atom stereocenters. The number of likely N-dealkylation sites (tertiary alicyclic amines) is 1. The lowest BCUT2D eigenvalue weighted by Gasteiger charge is -2.18. The van der Waals surface area contributed by atoms with Crippen molar-refractivity contribution in [3.05, 3.63) is 45.8 Å². The maximum atomic E-state index is 11.8. The first-order valence-electron chi connectivity index (χ1n) is 8.21. The fourth-order valence-corrected chi connectivity index (χ4v) is 3.95. The molecule has 1 N–H and O–H groups in total. The Kier molecular flexibility index (Phi) is 6.32. The lowest BCUT2D eigenvalue weighted by atomic mass is 10.0. The number of nitrogens with one attached hydrogen (secondary N) is 1. The van der Waals surface area contributed by atoms with E-state index in [9.17, 15) is 4.79 Å². The van der Waals surface area contributed by atoms with Crippen molar-refractivity contribution in [1.82, 2.24) is 10.2 Å². The van der Waals surface area contributed by atoms with Crippen LogP contribution in [0.5, 0.6) is 0 Å². The molecule has 24 heavy (non-hydrogen) atoms. The zero-order valence-electron chi connectivity index (χ0n) is 13.8. The van der Waals surface area contributed by atoms with Gasteiger partial charge in [-0.25, -0.2) is 4.79 Å². The minimum absolute atomic E-state index is 0. The highest BCUT2D eigenvalue weighted by Gasteiger charge is 2.35. The van der Waals surface area contributed by atoms with Crippen molar-refractivity contribution in [2.45, 2.75) is 19.9 Å². The second kappa shape index (κ2) is 7.87. The van der Waals surface area contributed by atoms with E-state index in [1.54, 1.807) is 6.07 Å². The van der Waals surface area contributed by atoms with Crippen LogP contribution in [0.1, 0.15) is 18.1 Å². The van der Waals surface area contributed by atoms with Gasteiger partial charge in [-0.1, -0.05) is 13.0 Å². The Morgan fingerprint density at radius 1 is 1.17 bits per heavy atom. The average Bonchev–Trinajstić information content (AvgIpc) is 3.08. The highest BCUT2D eigenvalue weighted by molar-refractivity contribution is 5.85. The highest BCUT2D eigenvalue weighted by atomic mass is 35.5. The van der Waals surface area contributed by atoms with Crippen LogP contribution in [-0.2, 0) is 13.0 Å². The van der Waals surface area contributed by atoms with Crippen molar-refractivity contribution in [2.75, 3.05) is 26.2 Å². The molecule has 0 aliphatic carbocycles. The van der Waals surface area contributed by atoms with Crippen molar-refractivity contribution in [3.63, 3.8) is 0 Å². The van der Waals surface area contributed by atoms with Crippen molar-refractivity contribution >= 4 is 35.8 Å². The Labute approximate surface area is 154 Å². The Morgan fingerprint density at radius 3 is 2.54 bits per heavy atom. The number of halogens is 2. The largest absolute Gasteiger partial charge is 0.423 e. The zero-order valence-corrected chi connectivity index (χ0v) is 15.4. The zero-order chi connectivity index (χ0) is 15.1. The van der Waals surface area contributed by atoms with E-state index in [1.807, 2.05) is 12.1 Å². The molecule has 132 valence electrons. The second-order valence-electron chi connectivity index (χ2n) is 6.65. The molecule has 2 saturated heterocycles. The molecule has 1 aromatic carbocycles. The molecule has 1 aromatic heterocycles. The second-order valence-corrected chi connectivity index (χ2v) is 6.65. The lowest BCUT2D eigenvalue weighted by molar-refractivity contribution is 0.306. The molecule has 0 saturated carbocycles. The van der Waals surface area contributed by atoms with E-state index < -0.39 is 0 Å². The summed E-state index contributed by atoms with van der Waals surface area (Å²) in [6.07, 6.45) is 0.994. The van der Waals surface area contributed by atoms with Crippen molar-refractivity contribution in [1.29, 1.82) is 0 Å². The van der Waals surface area contributed by atoms with Gasteiger partial charge in [-0.3, -0.25) is 4.90 Å². The van der Waals surface area contributed by atoms with Gasteiger partial charge >= 0.3 is 5.63 Å². The number of hydrogen-bond acceptors (Lipinski definition) is 4. The third-order valence-electron chi connectivity index (χ3n) is 5.16. The first-order valence-corrected chi connectivity index (χ1v) is 8.21. The summed E-state index contributed by atoms with van der Waals surface area (Å²) in [6, 6.07) is 7.82. The third kappa shape index (κ3) is 3.62. The van der Waals surface area contributed by atoms with Crippen LogP contribution in [0.3, 0.4) is 0 Å². The summed E-state index contributed by atoms with van der Waals surface area (Å²) in [6.45, 7) is 7.54. The topological polar surface area (TPSA) is 45.5 Å². The van der Waals surface area contributed by atoms with Crippen LogP contribution in [0, 0.1) is 11.8 Å². The van der Waals surface area contributed by atoms with E-state index in [0.717, 1.165) is 61.9 Å². The molecule has 2 aliphatic rings. The quantitative estimate of drug-likeness (QED) is 0.843. The fourth-order valence-electron chi connectivity index (χ4n) is 3.95. The van der Waals surface area contributed by atoms with Gasteiger partial charge in [0.05, 0.1) is 0 Å². The van der Waals surface area contributed by atoms with Gasteiger partial charge in [0.1, 0.15) is 5.58 Å². The lowest BCUT2D eigenvalue weighted by Crippen LogP contribution is -2.25. The van der Waals surface area contributed by atoms with Gasteiger partial charge in [-0.05, 0) is 54.6 Å². The molecular weight excluding hydrogens is 347 g/mol. The Hall–Kier alpha value is -1.07. The maximum Gasteiger partial charge on any atom is 0.336 e. The minimum Gasteiger partial charge on any atom is -0.423 e. The Morgan fingerprint density at radius 2 is 1.88 bits per heavy atom. The maximum absolute atomic E-state index is 11.8. The molecule has 2 aliphatic heterocycles. The van der Waals surface area contributed by atoms with E-state index >= 15 is 0 Å². The molecule has 4 rings (SSSR count). The van der Waals surface area contributed by atoms with Crippen LogP contribution >= 0.6 is 24.8 Å². The number of rotatable bonds is 3. The van der Waals surface area contributed by atoms with Crippen LogP contribution < -0.4 is 10.9 Å². The molecular formula is C18H24Cl2N2O2. The molecule has 2 aromatic rings. The minimum atomic E-state index is -0.243. The van der Waals surface area contributed by atoms with Crippen LogP contribution in [0.4, 0.5) is 0 Å². The molecule has 0 spiro atoms. The van der Waals surface area contributed by atoms with Gasteiger partial charge in [0.2, 0.25) is 0 Å². The Balaban J connectivity index is 0.00000104. The summed E-state index contributed by atoms with van der Waals surface area (Å²) in [4.78, 5) is 14.3. The predicted molar refractivity (Wildman–Crippen MR) is 101 cm³/mol. The van der Waals surface area contributed by atoms with E-state index in [1.165, 1.54) is 5.56 Å². The van der Waals surface area contributed by atoms with Crippen LogP contribution in [-0.4, -0.2) is 31.1 Å². The molecule has 2 atom stereocenters. The summed E-state index contributed by atoms with van der Waals surface area (Å²) in [5, 5.41) is 4.56. The molecule has 3 heterocycles. The van der Waals surface area contributed by atoms with Gasteiger partial charge in [0.15, 0.2) is 0 Å². The molecule has 2 fully saturated rings. The summed E-state index contributed by atoms with van der Waals surface area (Å²) in [5.41, 5.74) is 2.85. The van der Waals surface area contributed by atoms with Crippen molar-refractivity contribution in [2.24, 2.45) is 11.8 Å². The van der Waals surface area contributed by atoms with Gasteiger partial charge in [0.25, 0.3) is 0 Å². The monoisotopic (exact) mass is 370 g/mol. The SMILES string of the molecule is CCc1ccc2oc(=O)cc(CN3C[C@H]4CNC[C@H]4C3)c2c1.Cl.Cl. The molecule has 4 nitrogen and oxygen atoms in total. The number of fused-ring (bicyclic) bond motifs is 2. The number of benzene rings is 1. The van der Waals surface area contributed by atoms with E-state index in [4.69, 9.17) is 4.42 Å². The van der Waals surface area contributed by atoms with Crippen LogP contribution in [0.15, 0.2) is 33.5 Å². The first-order chi connectivity index (χ1) is 10.7. The average molecular weight is 371 g/mol. The molecule has 0 radical (unpaired) electrons. The fraction of sp³-hybridized carbons (Fsp3) is 0.500. The number of nitrogens with zero attached hydrogens (tertiary/aromatic N) is 1. The van der Waals surface area contributed by atoms with Gasteiger partial charge in [-0.15, -0.1) is 24.8 Å². The van der Waals surface area contributed by atoms with Gasteiger partial charge in [0, 0.05) is 31.1 Å². The Bertz CT molecular complexity index is 750. The van der Waals surface area contributed by atoms with Crippen LogP contribution in [0.2, 0.25) is 0 Å². The normalized spacial score (nSPS) is 22.9. The van der Waals surface area contributed by atoms with E-state index in [2.05, 4.69) is 23.2 Å². The molecule has 6 heteroatoms. The van der Waals surface area contributed by atoms with Gasteiger partial charge in [-0.2, -0.15) is 0 Å². The van der Waals surface area contributed by atoms with E-state index in [-0.39, 0.29) is 30.4 Å². The van der Waals surface area contributed by atoms with Crippen LogP contribution in [0.25, 0.3) is 11.0 Å². The predicted octanol–water partition coefficient (Wildman–Crippen LogP) is 2.85. The van der Waals surface area contributed by atoms with E-state index in [0.29, 0.717) is 5.58 Å². The third-order valence-corrected chi connectivity index (χ3v) is 5.16. The van der Waals surface area contributed by atoms with Crippen molar-refractivity contribution in [3.8, 4) is 0 Å². The highest BCUT2D eigenvalue weighted by Crippen LogP contribution is 2.29. The number of aryl methyl sites for hydroxylation is 1. The summed E-state index contributed by atoms with van der Waals surface area (Å²) in [7, 11) is 0. The summed E-state index contributed by atoms with van der Waals surface area (Å²) in [5.74, 6) is 1.55. The summed E-state index contributed by atoms with van der Waals surface area (Å²) >= 11 is 0. The number of hydrogen-bond donors (Lipinski definition) is 1. The first kappa shape index (κ1) is 19.3. The van der Waals surface area contributed by atoms with Crippen molar-refractivity contribution < 1.29 is 4.42 Å². The smallest absolute Gasteiger partial charge is 0.336 e. The molecule has 0 bridgehead atoms.